The smallest absolute Gasteiger partial charge is 0.305 e. The largest absolute Gasteiger partial charge is 0.466 e. The molecule has 0 heterocycles. The second kappa shape index (κ2) is 40.1. The first-order valence-electron chi connectivity index (χ1n) is 21.0. The molecule has 0 amide bonds. The van der Waals surface area contributed by atoms with Crippen LogP contribution in [-0.4, -0.2) is 25.2 Å². The van der Waals surface area contributed by atoms with E-state index < -0.39 is 0 Å². The van der Waals surface area contributed by atoms with E-state index in [9.17, 15) is 9.59 Å². The highest BCUT2D eigenvalue weighted by Gasteiger charge is 2.05. The van der Waals surface area contributed by atoms with Crippen LogP contribution in [0.3, 0.4) is 0 Å². The standard InChI is InChI=1S/C42H82O4/c1-3-5-7-9-11-13-15-17-19-21-23-25-27-31-35-39-45-41(43)37-33-29-30-34-38-42(44)46-40-36-32-28-26-24-22-20-18-16-14-12-10-8-6-4-2/h3-40H2,1-2H3. The molecule has 0 saturated carbocycles. The fraction of sp³-hybridized carbons (Fsp3) is 0.952. The van der Waals surface area contributed by atoms with E-state index in [-0.39, 0.29) is 11.9 Å². The van der Waals surface area contributed by atoms with E-state index >= 15 is 0 Å². The molecule has 0 aliphatic heterocycles. The van der Waals surface area contributed by atoms with Crippen molar-refractivity contribution in [3.05, 3.63) is 0 Å². The van der Waals surface area contributed by atoms with Gasteiger partial charge in [-0.05, 0) is 25.7 Å². The minimum absolute atomic E-state index is 0.0618. The Balaban J connectivity index is 3.24. The van der Waals surface area contributed by atoms with Crippen molar-refractivity contribution in [2.75, 3.05) is 13.2 Å². The molecule has 274 valence electrons. The summed E-state index contributed by atoms with van der Waals surface area (Å²) in [5.41, 5.74) is 0. The van der Waals surface area contributed by atoms with Gasteiger partial charge in [-0.25, -0.2) is 0 Å². The van der Waals surface area contributed by atoms with Crippen molar-refractivity contribution in [1.29, 1.82) is 0 Å². The SMILES string of the molecule is CCCCCCCCCCCCCCCCCOC(=O)CCCCCCC(=O)OCCCCCCCCCCCCCCCCC. The van der Waals surface area contributed by atoms with Gasteiger partial charge in [0.2, 0.25) is 0 Å². The van der Waals surface area contributed by atoms with Crippen molar-refractivity contribution in [2.45, 2.75) is 245 Å². The van der Waals surface area contributed by atoms with Crippen molar-refractivity contribution in [3.8, 4) is 0 Å². The molecule has 0 fully saturated rings. The van der Waals surface area contributed by atoms with Crippen LogP contribution in [0.4, 0.5) is 0 Å². The highest BCUT2D eigenvalue weighted by Crippen LogP contribution is 2.15. The third kappa shape index (κ3) is 39.1. The summed E-state index contributed by atoms with van der Waals surface area (Å²) in [4.78, 5) is 23.9. The van der Waals surface area contributed by atoms with E-state index in [4.69, 9.17) is 9.47 Å². The van der Waals surface area contributed by atoms with Gasteiger partial charge in [0.1, 0.15) is 0 Å². The summed E-state index contributed by atoms with van der Waals surface area (Å²) in [6.07, 6.45) is 45.0. The highest BCUT2D eigenvalue weighted by atomic mass is 16.5. The average molecular weight is 651 g/mol. The first-order valence-corrected chi connectivity index (χ1v) is 21.0. The number of carbonyl (C=O) groups is 2. The molecular formula is C42H82O4. The Morgan fingerprint density at radius 2 is 0.478 bits per heavy atom. The average Bonchev–Trinajstić information content (AvgIpc) is 3.06. The second-order valence-corrected chi connectivity index (χ2v) is 14.3. The van der Waals surface area contributed by atoms with Crippen molar-refractivity contribution < 1.29 is 19.1 Å². The summed E-state index contributed by atoms with van der Waals surface area (Å²) in [7, 11) is 0. The summed E-state index contributed by atoms with van der Waals surface area (Å²) in [6.45, 7) is 5.71. The number of hydrogen-bond acceptors (Lipinski definition) is 4. The number of unbranched alkanes of at least 4 members (excludes halogenated alkanes) is 31. The lowest BCUT2D eigenvalue weighted by molar-refractivity contribution is -0.145. The first-order chi connectivity index (χ1) is 22.7. The second-order valence-electron chi connectivity index (χ2n) is 14.3. The molecule has 0 radical (unpaired) electrons. The third-order valence-corrected chi connectivity index (χ3v) is 9.53. The molecule has 4 heteroatoms. The monoisotopic (exact) mass is 651 g/mol. The molecule has 4 nitrogen and oxygen atoms in total. The van der Waals surface area contributed by atoms with E-state index in [0.717, 1.165) is 38.5 Å². The summed E-state index contributed by atoms with van der Waals surface area (Å²) in [5.74, 6) is -0.124. The van der Waals surface area contributed by atoms with E-state index in [2.05, 4.69) is 13.8 Å². The minimum Gasteiger partial charge on any atom is -0.466 e. The van der Waals surface area contributed by atoms with Crippen LogP contribution in [0, 0.1) is 0 Å². The molecule has 0 saturated heterocycles. The number of carbonyl (C=O) groups excluding carboxylic acids is 2. The molecule has 0 aromatic rings. The van der Waals surface area contributed by atoms with Crippen LogP contribution in [0.1, 0.15) is 245 Å². The van der Waals surface area contributed by atoms with Crippen LogP contribution in [-0.2, 0) is 19.1 Å². The van der Waals surface area contributed by atoms with Crippen LogP contribution in [0.25, 0.3) is 0 Å². The summed E-state index contributed by atoms with van der Waals surface area (Å²) in [6, 6.07) is 0. The molecular weight excluding hydrogens is 568 g/mol. The fourth-order valence-electron chi connectivity index (χ4n) is 6.36. The molecule has 0 aliphatic carbocycles. The zero-order valence-corrected chi connectivity index (χ0v) is 31.5. The molecule has 0 aliphatic rings. The Bertz CT molecular complexity index is 552. The maximum Gasteiger partial charge on any atom is 0.305 e. The summed E-state index contributed by atoms with van der Waals surface area (Å²) >= 11 is 0. The minimum atomic E-state index is -0.0618. The molecule has 0 N–H and O–H groups in total. The van der Waals surface area contributed by atoms with Gasteiger partial charge in [-0.15, -0.1) is 0 Å². The van der Waals surface area contributed by atoms with Crippen molar-refractivity contribution in [3.63, 3.8) is 0 Å². The predicted molar refractivity (Wildman–Crippen MR) is 199 cm³/mol. The highest BCUT2D eigenvalue weighted by molar-refractivity contribution is 5.69. The third-order valence-electron chi connectivity index (χ3n) is 9.53. The van der Waals surface area contributed by atoms with E-state index in [1.807, 2.05) is 0 Å². The van der Waals surface area contributed by atoms with Crippen LogP contribution in [0.5, 0.6) is 0 Å². The Morgan fingerprint density at radius 1 is 0.283 bits per heavy atom. The molecule has 0 atom stereocenters. The van der Waals surface area contributed by atoms with Gasteiger partial charge < -0.3 is 9.47 Å². The molecule has 0 aromatic heterocycles. The van der Waals surface area contributed by atoms with Crippen LogP contribution < -0.4 is 0 Å². The summed E-state index contributed by atoms with van der Waals surface area (Å²) in [5, 5.41) is 0. The lowest BCUT2D eigenvalue weighted by atomic mass is 10.0. The molecule has 0 rings (SSSR count). The van der Waals surface area contributed by atoms with Gasteiger partial charge in [-0.1, -0.05) is 206 Å². The van der Waals surface area contributed by atoms with Gasteiger partial charge in [0.15, 0.2) is 0 Å². The quantitative estimate of drug-likeness (QED) is 0.0490. The molecule has 0 unspecified atom stereocenters. The molecule has 0 bridgehead atoms. The predicted octanol–water partition coefficient (Wildman–Crippen LogP) is 14.2. The maximum atomic E-state index is 12.0. The van der Waals surface area contributed by atoms with Gasteiger partial charge in [-0.3, -0.25) is 9.59 Å². The van der Waals surface area contributed by atoms with Gasteiger partial charge in [0.05, 0.1) is 13.2 Å². The first kappa shape index (κ1) is 44.9. The normalized spacial score (nSPS) is 11.3. The molecule has 46 heavy (non-hydrogen) atoms. The van der Waals surface area contributed by atoms with Crippen LogP contribution in [0.2, 0.25) is 0 Å². The number of hydrogen-bond donors (Lipinski definition) is 0. The topological polar surface area (TPSA) is 52.6 Å². The maximum absolute atomic E-state index is 12.0. The van der Waals surface area contributed by atoms with Gasteiger partial charge in [0.25, 0.3) is 0 Å². The number of ether oxygens (including phenoxy) is 2. The fourth-order valence-corrected chi connectivity index (χ4v) is 6.36. The van der Waals surface area contributed by atoms with E-state index in [1.165, 1.54) is 180 Å². The number of esters is 2. The van der Waals surface area contributed by atoms with Crippen molar-refractivity contribution in [1.82, 2.24) is 0 Å². The zero-order valence-electron chi connectivity index (χ0n) is 31.5. The van der Waals surface area contributed by atoms with Gasteiger partial charge >= 0.3 is 11.9 Å². The van der Waals surface area contributed by atoms with Crippen molar-refractivity contribution >= 4 is 11.9 Å². The molecule has 0 spiro atoms. The lowest BCUT2D eigenvalue weighted by Crippen LogP contribution is -2.06. The Hall–Kier alpha value is -1.06. The zero-order chi connectivity index (χ0) is 33.4. The van der Waals surface area contributed by atoms with Gasteiger partial charge in [-0.2, -0.15) is 0 Å². The van der Waals surface area contributed by atoms with Crippen LogP contribution in [0.15, 0.2) is 0 Å². The van der Waals surface area contributed by atoms with Crippen molar-refractivity contribution in [2.24, 2.45) is 0 Å². The summed E-state index contributed by atoms with van der Waals surface area (Å²) < 4.78 is 10.8. The Kier molecular flexibility index (Phi) is 39.2. The van der Waals surface area contributed by atoms with Gasteiger partial charge in [0, 0.05) is 12.8 Å². The Labute approximate surface area is 288 Å². The molecule has 0 aromatic carbocycles. The number of rotatable bonds is 39. The van der Waals surface area contributed by atoms with E-state index in [1.54, 1.807) is 0 Å². The Morgan fingerprint density at radius 3 is 0.717 bits per heavy atom. The van der Waals surface area contributed by atoms with Crippen LogP contribution >= 0.6 is 0 Å². The lowest BCUT2D eigenvalue weighted by Gasteiger charge is -2.06. The van der Waals surface area contributed by atoms with E-state index in [0.29, 0.717) is 26.1 Å².